The maximum atomic E-state index is 12.8. The molecule has 1 aromatic carbocycles. The largest absolute Gasteiger partial charge is 0.319 e. The topological polar surface area (TPSA) is 92.3 Å². The van der Waals surface area contributed by atoms with E-state index in [2.05, 4.69) is 15.3 Å². The lowest BCUT2D eigenvalue weighted by molar-refractivity contribution is 0.102. The lowest BCUT2D eigenvalue weighted by Gasteiger charge is -2.19. The summed E-state index contributed by atoms with van der Waals surface area (Å²) in [6.45, 7) is 10.1. The number of hydrogen-bond donors (Lipinski definition) is 1. The second-order valence-electron chi connectivity index (χ2n) is 7.23. The zero-order chi connectivity index (χ0) is 21.1. The van der Waals surface area contributed by atoms with Gasteiger partial charge >= 0.3 is 0 Å². The summed E-state index contributed by atoms with van der Waals surface area (Å²) in [4.78, 5) is 21.0. The predicted octanol–water partition coefficient (Wildman–Crippen LogP) is 3.71. The number of nitrogens with zero attached hydrogens (tertiary/aromatic N) is 3. The van der Waals surface area contributed by atoms with Crippen molar-refractivity contribution in [1.29, 1.82) is 0 Å². The van der Waals surface area contributed by atoms with E-state index in [1.165, 1.54) is 34.9 Å². The number of nitrogens with one attached hydrogen (secondary N) is 1. The molecule has 0 radical (unpaired) electrons. The summed E-state index contributed by atoms with van der Waals surface area (Å²) in [6, 6.07) is 4.17. The van der Waals surface area contributed by atoms with Crippen LogP contribution in [0.5, 0.6) is 0 Å². The molecule has 1 N–H and O–H groups in total. The molecule has 7 nitrogen and oxygen atoms in total. The van der Waals surface area contributed by atoms with E-state index in [1.54, 1.807) is 13.8 Å². The first-order chi connectivity index (χ1) is 13.0. The molecule has 1 aromatic heterocycles. The fourth-order valence-electron chi connectivity index (χ4n) is 2.53. The molecular weight excluding hydrogens is 400 g/mol. The fraction of sp³-hybridized carbons (Fsp3) is 0.421. The third-order valence-electron chi connectivity index (χ3n) is 4.10. The average Bonchev–Trinajstić information content (AvgIpc) is 2.62. The number of carbonyl (C=O) groups is 1. The molecule has 0 spiro atoms. The molecule has 1 amide bonds. The van der Waals surface area contributed by atoms with Gasteiger partial charge in [-0.15, -0.1) is 0 Å². The zero-order valence-electron chi connectivity index (χ0n) is 16.7. The maximum absolute atomic E-state index is 12.8. The number of aromatic nitrogens is 2. The fourth-order valence-corrected chi connectivity index (χ4v) is 4.49. The predicted molar refractivity (Wildman–Crippen MR) is 110 cm³/mol. The van der Waals surface area contributed by atoms with E-state index >= 15 is 0 Å². The van der Waals surface area contributed by atoms with Gasteiger partial charge in [-0.2, -0.15) is 4.31 Å². The minimum absolute atomic E-state index is 0.0707. The van der Waals surface area contributed by atoms with Crippen LogP contribution < -0.4 is 5.32 Å². The summed E-state index contributed by atoms with van der Waals surface area (Å²) in [5, 5.41) is 2.75. The second kappa shape index (κ2) is 8.55. The summed E-state index contributed by atoms with van der Waals surface area (Å²) >= 11 is 6.11. The van der Waals surface area contributed by atoms with Crippen LogP contribution in [0.1, 0.15) is 50.8 Å². The Hall–Kier alpha value is -2.03. The van der Waals surface area contributed by atoms with Gasteiger partial charge < -0.3 is 5.32 Å². The second-order valence-corrected chi connectivity index (χ2v) is 9.55. The van der Waals surface area contributed by atoms with E-state index in [-0.39, 0.29) is 20.9 Å². The third-order valence-corrected chi connectivity index (χ3v) is 6.63. The maximum Gasteiger partial charge on any atom is 0.255 e. The summed E-state index contributed by atoms with van der Waals surface area (Å²) < 4.78 is 26.8. The van der Waals surface area contributed by atoms with Crippen molar-refractivity contribution in [1.82, 2.24) is 14.3 Å². The van der Waals surface area contributed by atoms with Crippen molar-refractivity contribution in [2.45, 2.75) is 44.9 Å². The van der Waals surface area contributed by atoms with Crippen molar-refractivity contribution >= 4 is 33.2 Å². The van der Waals surface area contributed by atoms with E-state index in [0.717, 1.165) is 0 Å². The molecule has 0 atom stereocenters. The van der Waals surface area contributed by atoms with Crippen LogP contribution in [0.3, 0.4) is 0 Å². The van der Waals surface area contributed by atoms with Gasteiger partial charge in [0.25, 0.3) is 5.91 Å². The first-order valence-electron chi connectivity index (χ1n) is 8.94. The van der Waals surface area contributed by atoms with Gasteiger partial charge in [0, 0.05) is 24.1 Å². The number of anilines is 1. The molecular formula is C19H25ClN4O3S. The Bertz CT molecular complexity index is 950. The Morgan fingerprint density at radius 2 is 1.71 bits per heavy atom. The van der Waals surface area contributed by atoms with Gasteiger partial charge in [0.1, 0.15) is 10.7 Å². The highest BCUT2D eigenvalue weighted by atomic mass is 35.5. The Morgan fingerprint density at radius 3 is 2.21 bits per heavy atom. The molecule has 0 aliphatic rings. The Kier molecular flexibility index (Phi) is 6.80. The monoisotopic (exact) mass is 424 g/mol. The Labute approximate surface area is 171 Å². The van der Waals surface area contributed by atoms with E-state index < -0.39 is 15.9 Å². The summed E-state index contributed by atoms with van der Waals surface area (Å²) in [7, 11) is -3.79. The number of halogens is 1. The van der Waals surface area contributed by atoms with Crippen molar-refractivity contribution < 1.29 is 13.2 Å². The van der Waals surface area contributed by atoms with Crippen LogP contribution >= 0.6 is 11.6 Å². The SMILES string of the molecule is CCN(CC)S(=O)(=O)c1cc(C(=O)Nc2cnc(C(C)(C)C)nc2)ccc1Cl. The number of carbonyl (C=O) groups excluding carboxylic acids is 1. The highest BCUT2D eigenvalue weighted by molar-refractivity contribution is 7.89. The van der Waals surface area contributed by atoms with Crippen LogP contribution in [0.2, 0.25) is 5.02 Å². The molecule has 0 unspecified atom stereocenters. The van der Waals surface area contributed by atoms with Crippen molar-refractivity contribution in [2.24, 2.45) is 0 Å². The molecule has 0 saturated heterocycles. The van der Waals surface area contributed by atoms with Crippen molar-refractivity contribution in [3.63, 3.8) is 0 Å². The average molecular weight is 425 g/mol. The molecule has 0 fully saturated rings. The zero-order valence-corrected chi connectivity index (χ0v) is 18.2. The molecule has 2 rings (SSSR count). The molecule has 0 aliphatic carbocycles. The number of benzene rings is 1. The number of rotatable bonds is 6. The third kappa shape index (κ3) is 4.87. The van der Waals surface area contributed by atoms with Crippen LogP contribution in [0.4, 0.5) is 5.69 Å². The van der Waals surface area contributed by atoms with E-state index in [4.69, 9.17) is 11.6 Å². The van der Waals surface area contributed by atoms with Crippen LogP contribution in [-0.4, -0.2) is 41.7 Å². The van der Waals surface area contributed by atoms with Gasteiger partial charge in [-0.1, -0.05) is 46.2 Å². The molecule has 0 bridgehead atoms. The van der Waals surface area contributed by atoms with Crippen LogP contribution in [0, 0.1) is 0 Å². The number of hydrogen-bond acceptors (Lipinski definition) is 5. The Morgan fingerprint density at radius 1 is 1.14 bits per heavy atom. The van der Waals surface area contributed by atoms with Crippen LogP contribution in [-0.2, 0) is 15.4 Å². The quantitative estimate of drug-likeness (QED) is 0.762. The number of amides is 1. The lowest BCUT2D eigenvalue weighted by Crippen LogP contribution is -2.31. The van der Waals surface area contributed by atoms with Gasteiger partial charge in [-0.25, -0.2) is 18.4 Å². The van der Waals surface area contributed by atoms with Gasteiger partial charge in [0.05, 0.1) is 23.1 Å². The minimum Gasteiger partial charge on any atom is -0.319 e. The first kappa shape index (κ1) is 22.3. The van der Waals surface area contributed by atoms with Gasteiger partial charge in [0.2, 0.25) is 10.0 Å². The van der Waals surface area contributed by atoms with Gasteiger partial charge in [-0.05, 0) is 18.2 Å². The summed E-state index contributed by atoms with van der Waals surface area (Å²) in [6.07, 6.45) is 3.05. The highest BCUT2D eigenvalue weighted by Gasteiger charge is 2.25. The molecule has 0 aliphatic heterocycles. The van der Waals surface area contributed by atoms with Crippen LogP contribution in [0.15, 0.2) is 35.5 Å². The van der Waals surface area contributed by atoms with Gasteiger partial charge in [-0.3, -0.25) is 4.79 Å². The molecule has 28 heavy (non-hydrogen) atoms. The number of sulfonamides is 1. The molecule has 0 saturated carbocycles. The van der Waals surface area contributed by atoms with E-state index in [0.29, 0.717) is 24.6 Å². The van der Waals surface area contributed by atoms with Crippen LogP contribution in [0.25, 0.3) is 0 Å². The lowest BCUT2D eigenvalue weighted by atomic mass is 9.96. The molecule has 152 valence electrons. The van der Waals surface area contributed by atoms with E-state index in [1.807, 2.05) is 20.8 Å². The first-order valence-corrected chi connectivity index (χ1v) is 10.8. The molecule has 2 aromatic rings. The highest BCUT2D eigenvalue weighted by Crippen LogP contribution is 2.26. The minimum atomic E-state index is -3.79. The van der Waals surface area contributed by atoms with Crippen molar-refractivity contribution in [3.05, 3.63) is 47.0 Å². The normalized spacial score (nSPS) is 12.2. The van der Waals surface area contributed by atoms with E-state index in [9.17, 15) is 13.2 Å². The Balaban J connectivity index is 2.30. The van der Waals surface area contributed by atoms with Crippen molar-refractivity contribution in [3.8, 4) is 0 Å². The molecule has 1 heterocycles. The summed E-state index contributed by atoms with van der Waals surface area (Å²) in [5.41, 5.74) is 0.392. The summed E-state index contributed by atoms with van der Waals surface area (Å²) in [5.74, 6) is 0.185. The smallest absolute Gasteiger partial charge is 0.255 e. The van der Waals surface area contributed by atoms with Gasteiger partial charge in [0.15, 0.2) is 0 Å². The standard InChI is InChI=1S/C19H25ClN4O3S/c1-6-24(7-2)28(26,27)16-10-13(8-9-15(16)20)17(25)23-14-11-21-18(22-12-14)19(3,4)5/h8-12H,6-7H2,1-5H3,(H,23,25). The molecule has 9 heteroatoms. The van der Waals surface area contributed by atoms with Crippen molar-refractivity contribution in [2.75, 3.05) is 18.4 Å².